The lowest BCUT2D eigenvalue weighted by Gasteiger charge is -2.08. The topological polar surface area (TPSA) is 26.3 Å². The zero-order chi connectivity index (χ0) is 13.9. The number of benzene rings is 2. The van der Waals surface area contributed by atoms with Crippen LogP contribution in [0.5, 0.6) is 0 Å². The van der Waals surface area contributed by atoms with Gasteiger partial charge in [0.05, 0.1) is 12.7 Å². The summed E-state index contributed by atoms with van der Waals surface area (Å²) in [5, 5.41) is 0. The number of hydrogen-bond donors (Lipinski definition) is 0. The summed E-state index contributed by atoms with van der Waals surface area (Å²) < 4.78 is 5.48. The maximum atomic E-state index is 12.4. The molecule has 2 aromatic carbocycles. The molecule has 0 saturated carbocycles. The van der Waals surface area contributed by atoms with Crippen molar-refractivity contribution in [3.8, 4) is 11.1 Å². The van der Waals surface area contributed by atoms with Gasteiger partial charge in [-0.05, 0) is 24.5 Å². The summed E-state index contributed by atoms with van der Waals surface area (Å²) in [7, 11) is 0. The van der Waals surface area contributed by atoms with Gasteiger partial charge in [-0.15, -0.1) is 0 Å². The minimum absolute atomic E-state index is 0.0209. The van der Waals surface area contributed by atoms with E-state index in [-0.39, 0.29) is 17.8 Å². The van der Waals surface area contributed by atoms with Gasteiger partial charge in [0, 0.05) is 11.5 Å². The first-order chi connectivity index (χ1) is 9.74. The second-order valence-electron chi connectivity index (χ2n) is 5.38. The van der Waals surface area contributed by atoms with Gasteiger partial charge >= 0.3 is 0 Å². The molecule has 0 spiro atoms. The van der Waals surface area contributed by atoms with Crippen LogP contribution >= 0.6 is 0 Å². The average Bonchev–Trinajstić information content (AvgIpc) is 2.94. The van der Waals surface area contributed by atoms with Crippen LogP contribution in [0.4, 0.5) is 0 Å². The molecule has 1 saturated heterocycles. The van der Waals surface area contributed by atoms with Crippen LogP contribution < -0.4 is 0 Å². The molecule has 20 heavy (non-hydrogen) atoms. The molecular formula is C18H18O2. The predicted octanol–water partition coefficient (Wildman–Crippen LogP) is 3.96. The summed E-state index contributed by atoms with van der Waals surface area (Å²) in [6.45, 7) is 2.58. The van der Waals surface area contributed by atoms with Gasteiger partial charge < -0.3 is 4.74 Å². The lowest BCUT2D eigenvalue weighted by Crippen LogP contribution is -2.14. The van der Waals surface area contributed by atoms with E-state index in [9.17, 15) is 4.79 Å². The maximum Gasteiger partial charge on any atom is 0.168 e. The Morgan fingerprint density at radius 2 is 1.65 bits per heavy atom. The van der Waals surface area contributed by atoms with E-state index in [1.165, 1.54) is 5.56 Å². The van der Waals surface area contributed by atoms with Crippen molar-refractivity contribution < 1.29 is 9.53 Å². The third-order valence-corrected chi connectivity index (χ3v) is 3.85. The Morgan fingerprint density at radius 3 is 2.25 bits per heavy atom. The SMILES string of the molecule is CC1CC(C(=O)c2ccc(-c3ccccc3)cc2)CO1. The van der Waals surface area contributed by atoms with E-state index in [0.29, 0.717) is 6.61 Å². The molecule has 0 radical (unpaired) electrons. The highest BCUT2D eigenvalue weighted by Gasteiger charge is 2.28. The molecule has 0 N–H and O–H groups in total. The standard InChI is InChI=1S/C18H18O2/c1-13-11-17(12-20-13)18(19)16-9-7-15(8-10-16)14-5-3-2-4-6-14/h2-10,13,17H,11-12H2,1H3. The van der Waals surface area contributed by atoms with Crippen molar-refractivity contribution in [3.63, 3.8) is 0 Å². The maximum absolute atomic E-state index is 12.4. The molecule has 1 aliphatic rings. The molecule has 0 aliphatic carbocycles. The van der Waals surface area contributed by atoms with Gasteiger partial charge in [0.25, 0.3) is 0 Å². The second kappa shape index (κ2) is 5.59. The van der Waals surface area contributed by atoms with Gasteiger partial charge in [-0.3, -0.25) is 4.79 Å². The minimum atomic E-state index is 0.0209. The first kappa shape index (κ1) is 13.1. The molecule has 2 nitrogen and oxygen atoms in total. The molecule has 0 amide bonds. The second-order valence-corrected chi connectivity index (χ2v) is 5.38. The van der Waals surface area contributed by atoms with Gasteiger partial charge in [0.2, 0.25) is 0 Å². The Bertz CT molecular complexity index is 587. The normalized spacial score (nSPS) is 21.9. The van der Waals surface area contributed by atoms with Crippen LogP contribution in [0, 0.1) is 5.92 Å². The van der Waals surface area contributed by atoms with Crippen LogP contribution in [0.3, 0.4) is 0 Å². The van der Waals surface area contributed by atoms with Crippen LogP contribution in [0.1, 0.15) is 23.7 Å². The quantitative estimate of drug-likeness (QED) is 0.786. The number of ether oxygens (including phenoxy) is 1. The predicted molar refractivity (Wildman–Crippen MR) is 79.7 cm³/mol. The van der Waals surface area contributed by atoms with E-state index in [1.807, 2.05) is 49.4 Å². The zero-order valence-electron chi connectivity index (χ0n) is 11.6. The molecule has 3 rings (SSSR count). The van der Waals surface area contributed by atoms with Crippen molar-refractivity contribution in [2.45, 2.75) is 19.4 Å². The van der Waals surface area contributed by atoms with E-state index in [4.69, 9.17) is 4.74 Å². The van der Waals surface area contributed by atoms with Crippen molar-refractivity contribution in [1.29, 1.82) is 0 Å². The van der Waals surface area contributed by atoms with Crippen LogP contribution in [0.2, 0.25) is 0 Å². The van der Waals surface area contributed by atoms with Gasteiger partial charge in [0.1, 0.15) is 0 Å². The molecule has 102 valence electrons. The Kier molecular flexibility index (Phi) is 3.66. The molecule has 1 fully saturated rings. The molecule has 0 aromatic heterocycles. The van der Waals surface area contributed by atoms with E-state index < -0.39 is 0 Å². The van der Waals surface area contributed by atoms with Gasteiger partial charge in [-0.1, -0.05) is 54.6 Å². The molecule has 0 bridgehead atoms. The third kappa shape index (κ3) is 2.66. The monoisotopic (exact) mass is 266 g/mol. The summed E-state index contributed by atoms with van der Waals surface area (Å²) in [4.78, 5) is 12.4. The van der Waals surface area contributed by atoms with Crippen molar-refractivity contribution >= 4 is 5.78 Å². The minimum Gasteiger partial charge on any atom is -0.378 e. The average molecular weight is 266 g/mol. The van der Waals surface area contributed by atoms with Crippen LogP contribution in [0.25, 0.3) is 11.1 Å². The van der Waals surface area contributed by atoms with E-state index >= 15 is 0 Å². The first-order valence-electron chi connectivity index (χ1n) is 7.05. The molecule has 1 heterocycles. The molecular weight excluding hydrogens is 248 g/mol. The Hall–Kier alpha value is -1.93. The zero-order valence-corrected chi connectivity index (χ0v) is 11.6. The number of hydrogen-bond acceptors (Lipinski definition) is 2. The number of rotatable bonds is 3. The van der Waals surface area contributed by atoms with Crippen molar-refractivity contribution in [1.82, 2.24) is 0 Å². The smallest absolute Gasteiger partial charge is 0.168 e. The molecule has 2 heteroatoms. The third-order valence-electron chi connectivity index (χ3n) is 3.85. The number of ketones is 1. The highest BCUT2D eigenvalue weighted by Crippen LogP contribution is 2.25. The Labute approximate surface area is 119 Å². The fraction of sp³-hybridized carbons (Fsp3) is 0.278. The summed E-state index contributed by atoms with van der Waals surface area (Å²) in [6, 6.07) is 18.1. The largest absolute Gasteiger partial charge is 0.378 e. The van der Waals surface area contributed by atoms with Gasteiger partial charge in [-0.25, -0.2) is 0 Å². The van der Waals surface area contributed by atoms with Crippen molar-refractivity contribution in [3.05, 3.63) is 60.2 Å². The van der Waals surface area contributed by atoms with Crippen LogP contribution in [-0.4, -0.2) is 18.5 Å². The number of carbonyl (C=O) groups excluding carboxylic acids is 1. The lowest BCUT2D eigenvalue weighted by molar-refractivity contribution is 0.0877. The van der Waals surface area contributed by atoms with E-state index in [2.05, 4.69) is 12.1 Å². The van der Waals surface area contributed by atoms with E-state index in [1.54, 1.807) is 0 Å². The fourth-order valence-corrected chi connectivity index (χ4v) is 2.69. The number of Topliss-reactive ketones (excluding diaryl/α,β-unsaturated/α-hetero) is 1. The van der Waals surface area contributed by atoms with Crippen LogP contribution in [-0.2, 0) is 4.74 Å². The van der Waals surface area contributed by atoms with E-state index in [0.717, 1.165) is 17.5 Å². The molecule has 2 atom stereocenters. The number of carbonyl (C=O) groups is 1. The first-order valence-corrected chi connectivity index (χ1v) is 7.05. The highest BCUT2D eigenvalue weighted by molar-refractivity contribution is 5.98. The highest BCUT2D eigenvalue weighted by atomic mass is 16.5. The summed E-state index contributed by atoms with van der Waals surface area (Å²) in [5.41, 5.74) is 3.09. The van der Waals surface area contributed by atoms with Gasteiger partial charge in [-0.2, -0.15) is 0 Å². The Balaban J connectivity index is 1.78. The molecule has 2 unspecified atom stereocenters. The molecule has 1 aliphatic heterocycles. The summed E-state index contributed by atoms with van der Waals surface area (Å²) >= 11 is 0. The van der Waals surface area contributed by atoms with Crippen molar-refractivity contribution in [2.75, 3.05) is 6.61 Å². The van der Waals surface area contributed by atoms with Crippen LogP contribution in [0.15, 0.2) is 54.6 Å². The van der Waals surface area contributed by atoms with Gasteiger partial charge in [0.15, 0.2) is 5.78 Å². The molecule has 2 aromatic rings. The summed E-state index contributed by atoms with van der Waals surface area (Å²) in [6.07, 6.45) is 1.03. The van der Waals surface area contributed by atoms with Crippen molar-refractivity contribution in [2.24, 2.45) is 5.92 Å². The fourth-order valence-electron chi connectivity index (χ4n) is 2.69. The summed E-state index contributed by atoms with van der Waals surface area (Å²) in [5.74, 6) is 0.224. The lowest BCUT2D eigenvalue weighted by atomic mass is 9.94. The Morgan fingerprint density at radius 1 is 1.00 bits per heavy atom.